The lowest BCUT2D eigenvalue weighted by Gasteiger charge is -2.24. The minimum Gasteiger partial charge on any atom is -0.370 e. The first-order valence-electron chi connectivity index (χ1n) is 7.14. The van der Waals surface area contributed by atoms with E-state index in [-0.39, 0.29) is 11.0 Å². The SMILES string of the molecule is CC(C)C(Cl)CNCC1CCC2(CCCC2)O1. The third kappa shape index (κ3) is 3.59. The quantitative estimate of drug-likeness (QED) is 0.765. The Kier molecular flexibility index (Phi) is 4.73. The van der Waals surface area contributed by atoms with Crippen molar-refractivity contribution in [1.82, 2.24) is 5.32 Å². The Morgan fingerprint density at radius 1 is 1.29 bits per heavy atom. The van der Waals surface area contributed by atoms with Crippen molar-refractivity contribution in [2.45, 2.75) is 69.5 Å². The Bertz CT molecular complexity index is 238. The lowest BCUT2D eigenvalue weighted by atomic mass is 9.98. The lowest BCUT2D eigenvalue weighted by molar-refractivity contribution is -0.0350. The van der Waals surface area contributed by atoms with Crippen molar-refractivity contribution in [3.05, 3.63) is 0 Å². The molecule has 1 saturated carbocycles. The molecule has 17 heavy (non-hydrogen) atoms. The number of hydrogen-bond acceptors (Lipinski definition) is 2. The van der Waals surface area contributed by atoms with E-state index in [0.717, 1.165) is 13.1 Å². The third-order valence-corrected chi connectivity index (χ3v) is 4.95. The van der Waals surface area contributed by atoms with Crippen LogP contribution in [0.4, 0.5) is 0 Å². The smallest absolute Gasteiger partial charge is 0.0708 e. The predicted octanol–water partition coefficient (Wildman–Crippen LogP) is 3.33. The van der Waals surface area contributed by atoms with Gasteiger partial charge in [-0.2, -0.15) is 0 Å². The van der Waals surface area contributed by atoms with E-state index in [9.17, 15) is 0 Å². The van der Waals surface area contributed by atoms with Crippen LogP contribution in [0.15, 0.2) is 0 Å². The van der Waals surface area contributed by atoms with Crippen molar-refractivity contribution in [3.63, 3.8) is 0 Å². The van der Waals surface area contributed by atoms with Crippen LogP contribution in [-0.2, 0) is 4.74 Å². The number of hydrogen-bond donors (Lipinski definition) is 1. The molecule has 0 aromatic carbocycles. The van der Waals surface area contributed by atoms with E-state index in [1.54, 1.807) is 0 Å². The molecule has 1 heterocycles. The van der Waals surface area contributed by atoms with E-state index in [0.29, 0.717) is 12.0 Å². The van der Waals surface area contributed by atoms with Crippen LogP contribution in [0, 0.1) is 5.92 Å². The van der Waals surface area contributed by atoms with Gasteiger partial charge in [0.25, 0.3) is 0 Å². The first-order chi connectivity index (χ1) is 8.11. The van der Waals surface area contributed by atoms with Crippen molar-refractivity contribution in [2.75, 3.05) is 13.1 Å². The summed E-state index contributed by atoms with van der Waals surface area (Å²) in [6.07, 6.45) is 8.20. The van der Waals surface area contributed by atoms with E-state index < -0.39 is 0 Å². The molecule has 2 nitrogen and oxygen atoms in total. The third-order valence-electron chi connectivity index (χ3n) is 4.29. The fraction of sp³-hybridized carbons (Fsp3) is 1.00. The number of alkyl halides is 1. The van der Waals surface area contributed by atoms with Crippen LogP contribution in [0.25, 0.3) is 0 Å². The topological polar surface area (TPSA) is 21.3 Å². The van der Waals surface area contributed by atoms with Crippen molar-refractivity contribution >= 4 is 11.6 Å². The molecule has 1 spiro atoms. The van der Waals surface area contributed by atoms with Gasteiger partial charge in [0.15, 0.2) is 0 Å². The molecule has 100 valence electrons. The molecule has 0 bridgehead atoms. The Morgan fingerprint density at radius 3 is 2.65 bits per heavy atom. The van der Waals surface area contributed by atoms with Crippen LogP contribution < -0.4 is 5.32 Å². The maximum absolute atomic E-state index is 6.25. The minimum absolute atomic E-state index is 0.233. The highest BCUT2D eigenvalue weighted by molar-refractivity contribution is 6.20. The molecule has 2 atom stereocenters. The molecule has 0 aromatic rings. The molecular weight excluding hydrogens is 234 g/mol. The Balaban J connectivity index is 1.65. The van der Waals surface area contributed by atoms with Crippen LogP contribution in [0.1, 0.15) is 52.4 Å². The van der Waals surface area contributed by atoms with Gasteiger partial charge < -0.3 is 10.1 Å². The summed E-state index contributed by atoms with van der Waals surface area (Å²) in [4.78, 5) is 0. The molecule has 2 unspecified atom stereocenters. The van der Waals surface area contributed by atoms with Crippen molar-refractivity contribution in [3.8, 4) is 0 Å². The van der Waals surface area contributed by atoms with Gasteiger partial charge in [0.05, 0.1) is 11.7 Å². The largest absolute Gasteiger partial charge is 0.370 e. The molecule has 2 rings (SSSR count). The summed E-state index contributed by atoms with van der Waals surface area (Å²) in [6, 6.07) is 0. The molecule has 1 aliphatic heterocycles. The van der Waals surface area contributed by atoms with E-state index in [1.807, 2.05) is 0 Å². The predicted molar refractivity (Wildman–Crippen MR) is 72.7 cm³/mol. The zero-order chi connectivity index (χ0) is 12.3. The highest BCUT2D eigenvalue weighted by Crippen LogP contribution is 2.43. The monoisotopic (exact) mass is 259 g/mol. The van der Waals surface area contributed by atoms with Crippen LogP contribution >= 0.6 is 11.6 Å². The molecule has 0 radical (unpaired) electrons. The number of halogens is 1. The van der Waals surface area contributed by atoms with E-state index in [4.69, 9.17) is 16.3 Å². The van der Waals surface area contributed by atoms with Gasteiger partial charge in [-0.3, -0.25) is 0 Å². The zero-order valence-electron chi connectivity index (χ0n) is 11.2. The first kappa shape index (κ1) is 13.6. The second-order valence-electron chi connectivity index (χ2n) is 6.09. The highest BCUT2D eigenvalue weighted by atomic mass is 35.5. The van der Waals surface area contributed by atoms with Gasteiger partial charge in [-0.25, -0.2) is 0 Å². The Morgan fingerprint density at radius 2 is 2.00 bits per heavy atom. The number of nitrogens with one attached hydrogen (secondary N) is 1. The summed E-state index contributed by atoms with van der Waals surface area (Å²) >= 11 is 6.22. The normalized spacial score (nSPS) is 29.3. The zero-order valence-corrected chi connectivity index (χ0v) is 11.9. The Hall–Kier alpha value is 0.210. The van der Waals surface area contributed by atoms with Gasteiger partial charge in [0.1, 0.15) is 0 Å². The average Bonchev–Trinajstić information content (AvgIpc) is 2.90. The number of ether oxygens (including phenoxy) is 1. The molecule has 0 aromatic heterocycles. The summed E-state index contributed by atoms with van der Waals surface area (Å²) in [5.74, 6) is 0.537. The maximum atomic E-state index is 6.25. The minimum atomic E-state index is 0.233. The summed E-state index contributed by atoms with van der Waals surface area (Å²) in [5, 5.41) is 3.69. The maximum Gasteiger partial charge on any atom is 0.0708 e. The molecule has 1 N–H and O–H groups in total. The fourth-order valence-corrected chi connectivity index (χ4v) is 3.15. The Labute approximate surface area is 110 Å². The molecule has 3 heteroatoms. The summed E-state index contributed by atoms with van der Waals surface area (Å²) < 4.78 is 6.25. The first-order valence-corrected chi connectivity index (χ1v) is 7.58. The van der Waals surface area contributed by atoms with Gasteiger partial charge in [0.2, 0.25) is 0 Å². The van der Waals surface area contributed by atoms with Gasteiger partial charge in [-0.1, -0.05) is 26.7 Å². The van der Waals surface area contributed by atoms with Crippen molar-refractivity contribution < 1.29 is 4.74 Å². The average molecular weight is 260 g/mol. The summed E-state index contributed by atoms with van der Waals surface area (Å²) in [5.41, 5.74) is 0.269. The number of rotatable bonds is 5. The second-order valence-corrected chi connectivity index (χ2v) is 6.65. The van der Waals surface area contributed by atoms with Crippen LogP contribution in [0.5, 0.6) is 0 Å². The van der Waals surface area contributed by atoms with Crippen molar-refractivity contribution in [2.24, 2.45) is 5.92 Å². The van der Waals surface area contributed by atoms with Crippen LogP contribution in [0.3, 0.4) is 0 Å². The summed E-state index contributed by atoms with van der Waals surface area (Å²) in [6.45, 7) is 6.20. The lowest BCUT2D eigenvalue weighted by Crippen LogP contribution is -2.34. The van der Waals surface area contributed by atoms with Gasteiger partial charge >= 0.3 is 0 Å². The molecule has 0 amide bonds. The fourth-order valence-electron chi connectivity index (χ4n) is 3.04. The molecule has 1 aliphatic carbocycles. The van der Waals surface area contributed by atoms with Crippen molar-refractivity contribution in [1.29, 1.82) is 0 Å². The molecule has 2 fully saturated rings. The van der Waals surface area contributed by atoms with Crippen LogP contribution in [0.2, 0.25) is 0 Å². The van der Waals surface area contributed by atoms with E-state index in [2.05, 4.69) is 19.2 Å². The molecule has 1 saturated heterocycles. The van der Waals surface area contributed by atoms with E-state index >= 15 is 0 Å². The standard InChI is InChI=1S/C14H26ClNO/c1-11(2)13(15)10-16-9-12-5-8-14(17-12)6-3-4-7-14/h11-13,16H,3-10H2,1-2H3. The van der Waals surface area contributed by atoms with Gasteiger partial charge in [-0.15, -0.1) is 11.6 Å². The molecule has 2 aliphatic rings. The molecular formula is C14H26ClNO. The van der Waals surface area contributed by atoms with E-state index in [1.165, 1.54) is 38.5 Å². The van der Waals surface area contributed by atoms with Gasteiger partial charge in [0, 0.05) is 18.5 Å². The van der Waals surface area contributed by atoms with Crippen LogP contribution in [-0.4, -0.2) is 30.2 Å². The second kappa shape index (κ2) is 5.90. The van der Waals surface area contributed by atoms with Gasteiger partial charge in [-0.05, 0) is 31.6 Å². The highest BCUT2D eigenvalue weighted by Gasteiger charge is 2.41. The summed E-state index contributed by atoms with van der Waals surface area (Å²) in [7, 11) is 0.